The molecule has 0 unspecified atom stereocenters. The van der Waals surface area contributed by atoms with Gasteiger partial charge in [-0.05, 0) is 64.2 Å². The van der Waals surface area contributed by atoms with E-state index in [-0.39, 0.29) is 5.91 Å². The molecule has 0 saturated carbocycles. The number of thioether (sulfide) groups is 1. The van der Waals surface area contributed by atoms with Crippen LogP contribution in [0.15, 0.2) is 52.4 Å². The van der Waals surface area contributed by atoms with Crippen LogP contribution >= 0.6 is 57.6 Å². The standard InChI is InChI=1S/C16H9Cl2IN2OS/c17-10-5-3-7-12(14(10)18)20-16-21-15(22)13(23-16)8-9-4-1-2-6-11(9)19/h1-8H,(H,20,21,22)/b13-8-. The van der Waals surface area contributed by atoms with Crippen molar-refractivity contribution in [2.45, 2.75) is 0 Å². The fraction of sp³-hybridized carbons (Fsp3) is 0. The van der Waals surface area contributed by atoms with Gasteiger partial charge < -0.3 is 5.32 Å². The summed E-state index contributed by atoms with van der Waals surface area (Å²) in [4.78, 5) is 17.1. The predicted octanol–water partition coefficient (Wildman–Crippen LogP) is 5.49. The third-order valence-electron chi connectivity index (χ3n) is 3.00. The van der Waals surface area contributed by atoms with Crippen LogP contribution in [-0.4, -0.2) is 11.1 Å². The summed E-state index contributed by atoms with van der Waals surface area (Å²) in [5, 5.41) is 4.02. The molecule has 1 aliphatic rings. The van der Waals surface area contributed by atoms with Gasteiger partial charge in [0.15, 0.2) is 5.17 Å². The van der Waals surface area contributed by atoms with Gasteiger partial charge in [-0.1, -0.05) is 47.5 Å². The maximum absolute atomic E-state index is 12.1. The molecule has 1 fully saturated rings. The van der Waals surface area contributed by atoms with E-state index in [9.17, 15) is 4.79 Å². The average molecular weight is 475 g/mol. The van der Waals surface area contributed by atoms with E-state index < -0.39 is 0 Å². The number of carbonyl (C=O) groups excluding carboxylic acids is 1. The van der Waals surface area contributed by atoms with Gasteiger partial charge in [0.25, 0.3) is 5.91 Å². The number of benzene rings is 2. The quantitative estimate of drug-likeness (QED) is 0.461. The number of hydrogen-bond acceptors (Lipinski definition) is 3. The number of aliphatic imine (C=N–C) groups is 1. The second kappa shape index (κ2) is 7.25. The minimum absolute atomic E-state index is 0.174. The molecule has 116 valence electrons. The molecule has 1 heterocycles. The molecular weight excluding hydrogens is 466 g/mol. The van der Waals surface area contributed by atoms with Crippen molar-refractivity contribution >= 4 is 80.4 Å². The van der Waals surface area contributed by atoms with E-state index in [1.54, 1.807) is 18.2 Å². The molecule has 0 radical (unpaired) electrons. The van der Waals surface area contributed by atoms with Gasteiger partial charge in [-0.25, -0.2) is 4.99 Å². The highest BCUT2D eigenvalue weighted by molar-refractivity contribution is 14.1. The zero-order valence-corrected chi connectivity index (χ0v) is 16.0. The van der Waals surface area contributed by atoms with Crippen LogP contribution in [0.3, 0.4) is 0 Å². The molecule has 7 heteroatoms. The summed E-state index contributed by atoms with van der Waals surface area (Å²) in [6.07, 6.45) is 1.85. The predicted molar refractivity (Wildman–Crippen MR) is 106 cm³/mol. The zero-order chi connectivity index (χ0) is 16.4. The molecule has 0 bridgehead atoms. The number of amides is 1. The SMILES string of the molecule is O=C1NC(=Nc2cccc(Cl)c2Cl)S/C1=C\c1ccccc1I. The first-order valence-electron chi connectivity index (χ1n) is 6.53. The van der Waals surface area contributed by atoms with Gasteiger partial charge >= 0.3 is 0 Å². The van der Waals surface area contributed by atoms with Crippen molar-refractivity contribution < 1.29 is 4.79 Å². The van der Waals surface area contributed by atoms with E-state index >= 15 is 0 Å². The van der Waals surface area contributed by atoms with Crippen LogP contribution in [0, 0.1) is 3.57 Å². The van der Waals surface area contributed by atoms with Crippen molar-refractivity contribution in [2.75, 3.05) is 0 Å². The summed E-state index contributed by atoms with van der Waals surface area (Å²) >= 11 is 15.6. The number of nitrogens with zero attached hydrogens (tertiary/aromatic N) is 1. The second-order valence-electron chi connectivity index (χ2n) is 4.58. The topological polar surface area (TPSA) is 41.5 Å². The Bertz CT molecular complexity index is 852. The van der Waals surface area contributed by atoms with Gasteiger partial charge in [-0.2, -0.15) is 0 Å². The normalized spacial score (nSPS) is 17.8. The molecule has 1 aliphatic heterocycles. The Morgan fingerprint density at radius 1 is 1.13 bits per heavy atom. The van der Waals surface area contributed by atoms with Crippen LogP contribution in [0.5, 0.6) is 0 Å². The van der Waals surface area contributed by atoms with Gasteiger partial charge in [0.2, 0.25) is 0 Å². The highest BCUT2D eigenvalue weighted by atomic mass is 127. The summed E-state index contributed by atoms with van der Waals surface area (Å²) in [6, 6.07) is 13.0. The molecule has 0 spiro atoms. The number of hydrogen-bond donors (Lipinski definition) is 1. The molecule has 2 aromatic rings. The fourth-order valence-corrected chi connectivity index (χ4v) is 3.61. The van der Waals surface area contributed by atoms with Crippen LogP contribution in [-0.2, 0) is 4.79 Å². The van der Waals surface area contributed by atoms with Gasteiger partial charge in [0.1, 0.15) is 0 Å². The lowest BCUT2D eigenvalue weighted by molar-refractivity contribution is -0.115. The minimum Gasteiger partial charge on any atom is -0.300 e. The first-order valence-corrected chi connectivity index (χ1v) is 9.18. The number of amidine groups is 1. The van der Waals surface area contributed by atoms with E-state index in [0.29, 0.717) is 25.8 Å². The summed E-state index contributed by atoms with van der Waals surface area (Å²) in [5.74, 6) is -0.174. The maximum Gasteiger partial charge on any atom is 0.264 e. The Labute approximate surface area is 161 Å². The lowest BCUT2D eigenvalue weighted by Crippen LogP contribution is -2.19. The van der Waals surface area contributed by atoms with E-state index in [0.717, 1.165) is 9.13 Å². The summed E-state index contributed by atoms with van der Waals surface area (Å²) in [7, 11) is 0. The van der Waals surface area contributed by atoms with Crippen molar-refractivity contribution in [2.24, 2.45) is 4.99 Å². The summed E-state index contributed by atoms with van der Waals surface area (Å²) < 4.78 is 1.08. The summed E-state index contributed by atoms with van der Waals surface area (Å²) in [6.45, 7) is 0. The van der Waals surface area contributed by atoms with Gasteiger partial charge in [-0.15, -0.1) is 0 Å². The molecule has 0 aromatic heterocycles. The van der Waals surface area contributed by atoms with Crippen LogP contribution in [0.25, 0.3) is 6.08 Å². The molecule has 1 saturated heterocycles. The smallest absolute Gasteiger partial charge is 0.264 e. The fourth-order valence-electron chi connectivity index (χ4n) is 1.90. The van der Waals surface area contributed by atoms with Crippen LogP contribution in [0.4, 0.5) is 5.69 Å². The Hall–Kier alpha value is -1.02. The summed E-state index contributed by atoms with van der Waals surface area (Å²) in [5.41, 5.74) is 1.52. The van der Waals surface area contributed by atoms with Crippen molar-refractivity contribution in [1.82, 2.24) is 5.32 Å². The van der Waals surface area contributed by atoms with E-state index in [1.165, 1.54) is 11.8 Å². The van der Waals surface area contributed by atoms with E-state index in [4.69, 9.17) is 23.2 Å². The van der Waals surface area contributed by atoms with Gasteiger partial charge in [0, 0.05) is 3.57 Å². The molecule has 23 heavy (non-hydrogen) atoms. The monoisotopic (exact) mass is 474 g/mol. The number of nitrogens with one attached hydrogen (secondary N) is 1. The largest absolute Gasteiger partial charge is 0.300 e. The van der Waals surface area contributed by atoms with Crippen LogP contribution in [0.2, 0.25) is 10.0 Å². The van der Waals surface area contributed by atoms with Crippen molar-refractivity contribution in [3.8, 4) is 0 Å². The molecule has 0 aliphatic carbocycles. The minimum atomic E-state index is -0.174. The lowest BCUT2D eigenvalue weighted by atomic mass is 10.2. The van der Waals surface area contributed by atoms with Gasteiger partial charge in [0.05, 0.1) is 20.6 Å². The highest BCUT2D eigenvalue weighted by Crippen LogP contribution is 2.34. The van der Waals surface area contributed by atoms with Crippen molar-refractivity contribution in [3.63, 3.8) is 0 Å². The number of rotatable bonds is 2. The Balaban J connectivity index is 1.89. The molecule has 3 rings (SSSR count). The molecular formula is C16H9Cl2IN2OS. The van der Waals surface area contributed by atoms with Crippen molar-refractivity contribution in [3.05, 3.63) is 66.5 Å². The second-order valence-corrected chi connectivity index (χ2v) is 7.55. The van der Waals surface area contributed by atoms with E-state index in [1.807, 2.05) is 30.3 Å². The number of carbonyl (C=O) groups is 1. The van der Waals surface area contributed by atoms with E-state index in [2.05, 4.69) is 32.9 Å². The Kier molecular flexibility index (Phi) is 5.31. The first-order chi connectivity index (χ1) is 11.0. The van der Waals surface area contributed by atoms with Crippen LogP contribution in [0.1, 0.15) is 5.56 Å². The first kappa shape index (κ1) is 16.8. The molecule has 1 amide bonds. The van der Waals surface area contributed by atoms with Gasteiger partial charge in [-0.3, -0.25) is 4.79 Å². The van der Waals surface area contributed by atoms with Crippen LogP contribution < -0.4 is 5.32 Å². The zero-order valence-electron chi connectivity index (χ0n) is 11.5. The molecule has 3 nitrogen and oxygen atoms in total. The molecule has 1 N–H and O–H groups in total. The third-order valence-corrected chi connectivity index (χ3v) is 5.70. The highest BCUT2D eigenvalue weighted by Gasteiger charge is 2.24. The number of halogens is 3. The Morgan fingerprint density at radius 2 is 1.91 bits per heavy atom. The Morgan fingerprint density at radius 3 is 2.70 bits per heavy atom. The lowest BCUT2D eigenvalue weighted by Gasteiger charge is -2.01. The maximum atomic E-state index is 12.1. The molecule has 2 aromatic carbocycles. The third kappa shape index (κ3) is 3.91. The average Bonchev–Trinajstić information content (AvgIpc) is 2.86. The van der Waals surface area contributed by atoms with Crippen molar-refractivity contribution in [1.29, 1.82) is 0 Å². The molecule has 0 atom stereocenters.